The van der Waals surface area contributed by atoms with Gasteiger partial charge in [0.1, 0.15) is 0 Å². The van der Waals surface area contributed by atoms with Crippen LogP contribution in [-0.2, 0) is 10.0 Å². The number of aryl methyl sites for hydroxylation is 1. The van der Waals surface area contributed by atoms with E-state index in [9.17, 15) is 8.42 Å². The van der Waals surface area contributed by atoms with E-state index in [2.05, 4.69) is 0 Å². The van der Waals surface area contributed by atoms with Crippen molar-refractivity contribution in [2.45, 2.75) is 38.1 Å². The van der Waals surface area contributed by atoms with Crippen molar-refractivity contribution in [2.24, 2.45) is 0 Å². The smallest absolute Gasteiger partial charge is 0.261 e. The summed E-state index contributed by atoms with van der Waals surface area (Å²) in [7, 11) is -3.60. The van der Waals surface area contributed by atoms with Gasteiger partial charge in [0.25, 0.3) is 10.0 Å². The fourth-order valence-corrected chi connectivity index (χ4v) is 4.08. The SMILES string of the molecule is Cc1ccc(S(=O)(=O)N(c2ccccc2)C(C)(C)C)cc1. The second-order valence-corrected chi connectivity index (χ2v) is 7.88. The Morgan fingerprint density at radius 1 is 0.857 bits per heavy atom. The molecule has 2 aromatic rings. The van der Waals surface area contributed by atoms with Crippen LogP contribution < -0.4 is 4.31 Å². The van der Waals surface area contributed by atoms with Crippen LogP contribution >= 0.6 is 0 Å². The zero-order chi connectivity index (χ0) is 15.7. The Balaban J connectivity index is 2.59. The lowest BCUT2D eigenvalue weighted by atomic mass is 10.1. The summed E-state index contributed by atoms with van der Waals surface area (Å²) in [6.45, 7) is 7.62. The molecule has 0 radical (unpaired) electrons. The summed E-state index contributed by atoms with van der Waals surface area (Å²) in [4.78, 5) is 0.312. The van der Waals surface area contributed by atoms with Gasteiger partial charge in [-0.15, -0.1) is 0 Å². The molecule has 0 fully saturated rings. The number of benzene rings is 2. The summed E-state index contributed by atoms with van der Waals surface area (Å²) in [6.07, 6.45) is 0. The lowest BCUT2D eigenvalue weighted by molar-refractivity contribution is 0.535. The number of nitrogens with zero attached hydrogens (tertiary/aromatic N) is 1. The van der Waals surface area contributed by atoms with E-state index >= 15 is 0 Å². The third kappa shape index (κ3) is 3.27. The van der Waals surface area contributed by atoms with Crippen LogP contribution in [0.1, 0.15) is 26.3 Å². The maximum Gasteiger partial charge on any atom is 0.264 e. The van der Waals surface area contributed by atoms with Gasteiger partial charge in [0.15, 0.2) is 0 Å². The maximum absolute atomic E-state index is 13.0. The first-order valence-electron chi connectivity index (χ1n) is 6.90. The number of hydrogen-bond acceptors (Lipinski definition) is 2. The molecule has 4 heteroatoms. The normalized spacial score (nSPS) is 12.2. The van der Waals surface area contributed by atoms with Crippen molar-refractivity contribution in [1.82, 2.24) is 0 Å². The lowest BCUT2D eigenvalue weighted by Crippen LogP contribution is -2.45. The van der Waals surface area contributed by atoms with Crippen LogP contribution in [0.3, 0.4) is 0 Å². The van der Waals surface area contributed by atoms with Gasteiger partial charge in [-0.1, -0.05) is 35.9 Å². The van der Waals surface area contributed by atoms with Gasteiger partial charge in [-0.25, -0.2) is 8.42 Å². The molecule has 0 aliphatic rings. The highest BCUT2D eigenvalue weighted by Gasteiger charge is 2.34. The average molecular weight is 303 g/mol. The number of para-hydroxylation sites is 1. The molecule has 0 heterocycles. The standard InChI is InChI=1S/C17H21NO2S/c1-14-10-12-16(13-11-14)21(19,20)18(17(2,3)4)15-8-6-5-7-9-15/h5-13H,1-4H3. The van der Waals surface area contributed by atoms with Crippen LogP contribution in [-0.4, -0.2) is 14.0 Å². The summed E-state index contributed by atoms with van der Waals surface area (Å²) in [5.74, 6) is 0. The topological polar surface area (TPSA) is 37.4 Å². The van der Waals surface area contributed by atoms with E-state index in [0.29, 0.717) is 10.6 Å². The van der Waals surface area contributed by atoms with Crippen LogP contribution in [0, 0.1) is 6.92 Å². The zero-order valence-electron chi connectivity index (χ0n) is 12.9. The van der Waals surface area contributed by atoms with E-state index in [4.69, 9.17) is 0 Å². The van der Waals surface area contributed by atoms with Crippen molar-refractivity contribution < 1.29 is 8.42 Å². The first-order valence-corrected chi connectivity index (χ1v) is 8.34. The predicted octanol–water partition coefficient (Wildman–Crippen LogP) is 3.99. The summed E-state index contributed by atoms with van der Waals surface area (Å²) in [5.41, 5.74) is 1.16. The number of sulfonamides is 1. The van der Waals surface area contributed by atoms with Crippen molar-refractivity contribution in [3.63, 3.8) is 0 Å². The molecule has 0 N–H and O–H groups in total. The number of hydrogen-bond donors (Lipinski definition) is 0. The molecule has 21 heavy (non-hydrogen) atoms. The van der Waals surface area contributed by atoms with Gasteiger partial charge in [-0.3, -0.25) is 4.31 Å². The first-order chi connectivity index (χ1) is 9.73. The minimum absolute atomic E-state index is 0.312. The molecular weight excluding hydrogens is 282 g/mol. The van der Waals surface area contributed by atoms with Crippen LogP contribution in [0.4, 0.5) is 5.69 Å². The third-order valence-corrected chi connectivity index (χ3v) is 5.27. The molecule has 0 aliphatic carbocycles. The molecule has 0 bridgehead atoms. The van der Waals surface area contributed by atoms with Gasteiger partial charge < -0.3 is 0 Å². The molecule has 0 saturated carbocycles. The van der Waals surface area contributed by atoms with Crippen LogP contribution in [0.2, 0.25) is 0 Å². The molecule has 2 rings (SSSR count). The van der Waals surface area contributed by atoms with Crippen molar-refractivity contribution in [3.8, 4) is 0 Å². The first kappa shape index (κ1) is 15.6. The highest BCUT2D eigenvalue weighted by Crippen LogP contribution is 2.31. The minimum atomic E-state index is -3.60. The molecule has 112 valence electrons. The number of rotatable bonds is 3. The molecular formula is C17H21NO2S. The molecule has 3 nitrogen and oxygen atoms in total. The van der Waals surface area contributed by atoms with E-state index in [-0.39, 0.29) is 0 Å². The summed E-state index contributed by atoms with van der Waals surface area (Å²) in [5, 5.41) is 0. The molecule has 0 unspecified atom stereocenters. The Bertz CT molecular complexity index is 699. The largest absolute Gasteiger partial charge is 0.264 e. The Morgan fingerprint density at radius 3 is 1.86 bits per heavy atom. The van der Waals surface area contributed by atoms with Crippen molar-refractivity contribution in [3.05, 3.63) is 60.2 Å². The van der Waals surface area contributed by atoms with Gasteiger partial charge in [-0.2, -0.15) is 0 Å². The van der Waals surface area contributed by atoms with Crippen molar-refractivity contribution in [2.75, 3.05) is 4.31 Å². The molecule has 0 aliphatic heterocycles. The van der Waals surface area contributed by atoms with E-state index in [1.165, 1.54) is 4.31 Å². The van der Waals surface area contributed by atoms with Crippen LogP contribution in [0.5, 0.6) is 0 Å². The molecule has 0 spiro atoms. The second kappa shape index (κ2) is 5.53. The average Bonchev–Trinajstić information content (AvgIpc) is 2.38. The third-order valence-electron chi connectivity index (χ3n) is 3.16. The zero-order valence-corrected chi connectivity index (χ0v) is 13.7. The highest BCUT2D eigenvalue weighted by atomic mass is 32.2. The van der Waals surface area contributed by atoms with Gasteiger partial charge in [0.2, 0.25) is 0 Å². The summed E-state index contributed by atoms with van der Waals surface area (Å²) in [6, 6.07) is 16.2. The fraction of sp³-hybridized carbons (Fsp3) is 0.294. The molecule has 0 saturated heterocycles. The van der Waals surface area contributed by atoms with Gasteiger partial charge >= 0.3 is 0 Å². The fourth-order valence-electron chi connectivity index (χ4n) is 2.27. The predicted molar refractivity (Wildman–Crippen MR) is 87.0 cm³/mol. The van der Waals surface area contributed by atoms with Gasteiger partial charge in [0.05, 0.1) is 10.6 Å². The molecule has 2 aromatic carbocycles. The van der Waals surface area contributed by atoms with E-state index in [1.54, 1.807) is 12.1 Å². The Hall–Kier alpha value is -1.81. The van der Waals surface area contributed by atoms with Crippen LogP contribution in [0.15, 0.2) is 59.5 Å². The Kier molecular flexibility index (Phi) is 4.10. The molecule has 0 amide bonds. The second-order valence-electron chi connectivity index (χ2n) is 6.09. The Morgan fingerprint density at radius 2 is 1.38 bits per heavy atom. The highest BCUT2D eigenvalue weighted by molar-refractivity contribution is 7.92. The van der Waals surface area contributed by atoms with Crippen molar-refractivity contribution >= 4 is 15.7 Å². The monoisotopic (exact) mass is 303 g/mol. The van der Waals surface area contributed by atoms with Crippen molar-refractivity contribution in [1.29, 1.82) is 0 Å². The van der Waals surface area contributed by atoms with E-state index in [0.717, 1.165) is 5.56 Å². The summed E-state index contributed by atoms with van der Waals surface area (Å²) >= 11 is 0. The maximum atomic E-state index is 13.0. The molecule has 0 aromatic heterocycles. The number of anilines is 1. The van der Waals surface area contributed by atoms with Gasteiger partial charge in [-0.05, 0) is 52.0 Å². The van der Waals surface area contributed by atoms with E-state index in [1.807, 2.05) is 70.2 Å². The lowest BCUT2D eigenvalue weighted by Gasteiger charge is -2.36. The minimum Gasteiger partial charge on any atom is -0.261 e. The Labute approximate surface area is 127 Å². The quantitative estimate of drug-likeness (QED) is 0.860. The van der Waals surface area contributed by atoms with Gasteiger partial charge in [0, 0.05) is 5.54 Å². The van der Waals surface area contributed by atoms with Crippen LogP contribution in [0.25, 0.3) is 0 Å². The van der Waals surface area contributed by atoms with E-state index < -0.39 is 15.6 Å². The summed E-state index contributed by atoms with van der Waals surface area (Å²) < 4.78 is 27.5. The molecule has 0 atom stereocenters.